The molecule has 0 fully saturated rings. The maximum atomic E-state index is 12.3. The summed E-state index contributed by atoms with van der Waals surface area (Å²) in [5.74, 6) is -3.82. The molecule has 0 radical (unpaired) electrons. The largest absolute Gasteiger partial charge is 2.00 e. The SMILES string of the molecule is CO.Fc1ccc(Br)c(F)c1F.[Cl-].[Cl-].[Fe+2]. The molecule has 0 aliphatic heterocycles. The van der Waals surface area contributed by atoms with Gasteiger partial charge in [0.05, 0.1) is 4.47 Å². The van der Waals surface area contributed by atoms with E-state index in [-0.39, 0.29) is 46.4 Å². The zero-order valence-electron chi connectivity index (χ0n) is 7.22. The van der Waals surface area contributed by atoms with Crippen molar-refractivity contribution < 1.29 is 60.2 Å². The van der Waals surface area contributed by atoms with E-state index in [1.807, 2.05) is 0 Å². The normalized spacial score (nSPS) is 7.07. The van der Waals surface area contributed by atoms with Gasteiger partial charge in [0.2, 0.25) is 0 Å². The molecule has 1 aromatic carbocycles. The van der Waals surface area contributed by atoms with Gasteiger partial charge in [-0.3, -0.25) is 0 Å². The Bertz CT molecular complexity index is 252. The minimum atomic E-state index is -1.45. The molecule has 1 N–H and O–H groups in total. The summed E-state index contributed by atoms with van der Waals surface area (Å²) in [6, 6.07) is 1.95. The summed E-state index contributed by atoms with van der Waals surface area (Å²) < 4.78 is 36.6. The second-order valence-corrected chi connectivity index (χ2v) is 2.51. The predicted molar refractivity (Wildman–Crippen MR) is 42.2 cm³/mol. The molecular formula is C7H6BrCl2F3FeO. The fraction of sp³-hybridized carbons (Fsp3) is 0.143. The molecule has 1 aromatic rings. The Hall–Kier alpha value is 0.549. The Balaban J connectivity index is -0.000000114. The van der Waals surface area contributed by atoms with Crippen LogP contribution >= 0.6 is 15.9 Å². The minimum absolute atomic E-state index is 0. The summed E-state index contributed by atoms with van der Waals surface area (Å²) in [5, 5.41) is 7.00. The maximum absolute atomic E-state index is 12.3. The molecule has 0 atom stereocenters. The van der Waals surface area contributed by atoms with E-state index in [4.69, 9.17) is 5.11 Å². The van der Waals surface area contributed by atoms with Crippen LogP contribution in [0.15, 0.2) is 16.6 Å². The van der Waals surface area contributed by atoms with Crippen LogP contribution in [0.1, 0.15) is 0 Å². The van der Waals surface area contributed by atoms with Crippen molar-refractivity contribution in [3.63, 3.8) is 0 Å². The molecule has 0 aromatic heterocycles. The summed E-state index contributed by atoms with van der Waals surface area (Å²) in [7, 11) is 1.00. The molecule has 0 bridgehead atoms. The van der Waals surface area contributed by atoms with Gasteiger partial charge >= 0.3 is 17.1 Å². The van der Waals surface area contributed by atoms with Gasteiger partial charge < -0.3 is 29.9 Å². The maximum Gasteiger partial charge on any atom is 2.00 e. The molecular weight excluding hydrogens is 364 g/mol. The Labute approximate surface area is 117 Å². The van der Waals surface area contributed by atoms with E-state index in [9.17, 15) is 13.2 Å². The molecule has 0 saturated heterocycles. The van der Waals surface area contributed by atoms with Gasteiger partial charge in [-0.15, -0.1) is 0 Å². The molecule has 15 heavy (non-hydrogen) atoms. The number of benzene rings is 1. The quantitative estimate of drug-likeness (QED) is 0.286. The monoisotopic (exact) mass is 368 g/mol. The van der Waals surface area contributed by atoms with Crippen LogP contribution in [0.2, 0.25) is 0 Å². The van der Waals surface area contributed by atoms with Gasteiger partial charge in [-0.25, -0.2) is 13.2 Å². The number of aliphatic hydroxyl groups is 1. The summed E-state index contributed by atoms with van der Waals surface area (Å²) in [6.45, 7) is 0. The smallest absolute Gasteiger partial charge is 1.00 e. The van der Waals surface area contributed by atoms with Crippen LogP contribution in [0, 0.1) is 17.5 Å². The summed E-state index contributed by atoms with van der Waals surface area (Å²) in [4.78, 5) is 0. The van der Waals surface area contributed by atoms with Gasteiger partial charge in [-0.05, 0) is 28.1 Å². The van der Waals surface area contributed by atoms with Gasteiger partial charge in [0.25, 0.3) is 0 Å². The molecule has 0 unspecified atom stereocenters. The van der Waals surface area contributed by atoms with Gasteiger partial charge in [-0.1, -0.05) is 0 Å². The van der Waals surface area contributed by atoms with Crippen molar-refractivity contribution in [2.24, 2.45) is 0 Å². The Kier molecular flexibility index (Phi) is 20.8. The average Bonchev–Trinajstić information content (AvgIpc) is 2.12. The van der Waals surface area contributed by atoms with Crippen molar-refractivity contribution in [3.8, 4) is 0 Å². The minimum Gasteiger partial charge on any atom is -1.00 e. The van der Waals surface area contributed by atoms with Crippen molar-refractivity contribution in [1.82, 2.24) is 0 Å². The van der Waals surface area contributed by atoms with Crippen molar-refractivity contribution in [3.05, 3.63) is 34.1 Å². The number of hydrogen-bond donors (Lipinski definition) is 1. The van der Waals surface area contributed by atoms with Crippen molar-refractivity contribution in [1.29, 1.82) is 0 Å². The molecule has 0 aliphatic rings. The molecule has 0 amide bonds. The van der Waals surface area contributed by atoms with Crippen molar-refractivity contribution in [2.75, 3.05) is 7.11 Å². The molecule has 8 heteroatoms. The number of halogens is 6. The summed E-state index contributed by atoms with van der Waals surface area (Å²) in [6.07, 6.45) is 0. The van der Waals surface area contributed by atoms with Crippen LogP contribution < -0.4 is 24.8 Å². The van der Waals surface area contributed by atoms with Crippen LogP contribution in [-0.2, 0) is 17.1 Å². The fourth-order valence-corrected chi connectivity index (χ4v) is 0.809. The van der Waals surface area contributed by atoms with Crippen LogP contribution in [0.25, 0.3) is 0 Å². The van der Waals surface area contributed by atoms with E-state index in [0.717, 1.165) is 19.2 Å². The second kappa shape index (κ2) is 12.6. The third-order valence-corrected chi connectivity index (χ3v) is 1.60. The molecule has 1 rings (SSSR count). The van der Waals surface area contributed by atoms with Crippen molar-refractivity contribution in [2.45, 2.75) is 0 Å². The zero-order chi connectivity index (χ0) is 9.72. The van der Waals surface area contributed by atoms with E-state index in [1.54, 1.807) is 0 Å². The van der Waals surface area contributed by atoms with E-state index in [0.29, 0.717) is 0 Å². The standard InChI is InChI=1S/C6H2BrF3.CH4O.2ClH.Fe/c7-3-1-2-4(8)6(10)5(3)9;1-2;;;/h1-2H;2H,1H3;2*1H;/q;;;;+2/p-2. The first-order valence-electron chi connectivity index (χ1n) is 2.86. The Morgan fingerprint density at radius 2 is 1.40 bits per heavy atom. The molecule has 0 aliphatic carbocycles. The van der Waals surface area contributed by atoms with E-state index in [2.05, 4.69) is 15.9 Å². The fourth-order valence-electron chi connectivity index (χ4n) is 0.502. The van der Waals surface area contributed by atoms with Gasteiger partial charge in [0, 0.05) is 7.11 Å². The predicted octanol–water partition coefficient (Wildman–Crippen LogP) is -3.52. The average molecular weight is 370 g/mol. The number of aliphatic hydroxyl groups excluding tert-OH is 1. The Morgan fingerprint density at radius 3 is 1.73 bits per heavy atom. The third-order valence-electron chi connectivity index (χ3n) is 0.988. The van der Waals surface area contributed by atoms with Crippen LogP contribution in [0.5, 0.6) is 0 Å². The molecule has 90 valence electrons. The first-order valence-corrected chi connectivity index (χ1v) is 3.66. The molecule has 0 heterocycles. The van der Waals surface area contributed by atoms with E-state index >= 15 is 0 Å². The third kappa shape index (κ3) is 7.44. The van der Waals surface area contributed by atoms with Crippen molar-refractivity contribution >= 4 is 15.9 Å². The first-order chi connectivity index (χ1) is 5.63. The molecule has 1 nitrogen and oxygen atoms in total. The van der Waals surface area contributed by atoms with Crippen LogP contribution in [0.4, 0.5) is 13.2 Å². The van der Waals surface area contributed by atoms with E-state index < -0.39 is 17.5 Å². The number of rotatable bonds is 0. The molecule has 0 saturated carbocycles. The molecule has 0 spiro atoms. The first kappa shape index (κ1) is 24.7. The van der Waals surface area contributed by atoms with Gasteiger partial charge in [0.1, 0.15) is 0 Å². The van der Waals surface area contributed by atoms with Crippen LogP contribution in [0.3, 0.4) is 0 Å². The Morgan fingerprint density at radius 1 is 1.00 bits per heavy atom. The second-order valence-electron chi connectivity index (χ2n) is 1.66. The van der Waals surface area contributed by atoms with E-state index in [1.165, 1.54) is 0 Å². The van der Waals surface area contributed by atoms with Gasteiger partial charge in [-0.2, -0.15) is 0 Å². The van der Waals surface area contributed by atoms with Crippen LogP contribution in [-0.4, -0.2) is 12.2 Å². The van der Waals surface area contributed by atoms with Gasteiger partial charge in [0.15, 0.2) is 17.5 Å². The number of hydrogen-bond acceptors (Lipinski definition) is 1. The summed E-state index contributed by atoms with van der Waals surface area (Å²) >= 11 is 2.70. The zero-order valence-corrected chi connectivity index (χ0v) is 11.4. The topological polar surface area (TPSA) is 20.2 Å². The summed E-state index contributed by atoms with van der Waals surface area (Å²) in [5.41, 5.74) is 0.